The molecule has 2 rings (SSSR count). The third-order valence-corrected chi connectivity index (χ3v) is 4.66. The van der Waals surface area contributed by atoms with E-state index in [-0.39, 0.29) is 36.1 Å². The molecule has 2 N–H and O–H groups in total. The zero-order valence-electron chi connectivity index (χ0n) is 16.4. The Morgan fingerprint density at radius 3 is 2.54 bits per heavy atom. The van der Waals surface area contributed by atoms with Crippen molar-refractivity contribution in [1.29, 1.82) is 0 Å². The second kappa shape index (κ2) is 9.72. The normalized spacial score (nSPS) is 15.2. The Hall–Kier alpha value is -1.10. The molecule has 1 saturated heterocycles. The minimum absolute atomic E-state index is 0. The van der Waals surface area contributed by atoms with Crippen molar-refractivity contribution < 1.29 is 9.53 Å². The number of carbonyl (C=O) groups excluding carboxylic acids is 1. The lowest BCUT2D eigenvalue weighted by Gasteiger charge is -2.40. The number of hydrogen-bond donors (Lipinski definition) is 2. The number of aryl methyl sites for hydroxylation is 2. The zero-order valence-corrected chi connectivity index (χ0v) is 19.5. The molecule has 0 radical (unpaired) electrons. The molecule has 7 nitrogen and oxygen atoms in total. The molecule has 1 fully saturated rings. The van der Waals surface area contributed by atoms with Crippen LogP contribution in [0.3, 0.4) is 0 Å². The fourth-order valence-corrected chi connectivity index (χ4v) is 3.29. The predicted molar refractivity (Wildman–Crippen MR) is 117 cm³/mol. The van der Waals surface area contributed by atoms with E-state index in [1.54, 1.807) is 16.2 Å². The van der Waals surface area contributed by atoms with Crippen molar-refractivity contribution in [2.24, 2.45) is 4.99 Å². The summed E-state index contributed by atoms with van der Waals surface area (Å²) >= 11 is 1.68. The van der Waals surface area contributed by atoms with E-state index < -0.39 is 5.60 Å². The van der Waals surface area contributed by atoms with E-state index in [2.05, 4.69) is 20.6 Å². The van der Waals surface area contributed by atoms with Crippen LogP contribution in [0.25, 0.3) is 0 Å². The summed E-state index contributed by atoms with van der Waals surface area (Å²) in [5.74, 6) is 0.766. The molecule has 0 spiro atoms. The Morgan fingerprint density at radius 2 is 2.04 bits per heavy atom. The van der Waals surface area contributed by atoms with Crippen LogP contribution >= 0.6 is 35.3 Å². The van der Waals surface area contributed by atoms with E-state index in [0.717, 1.165) is 23.2 Å². The molecule has 0 atom stereocenters. The maximum atomic E-state index is 12.0. The molecule has 0 saturated carbocycles. The standard InChI is InChI=1S/C17H29N5O2S.HI/c1-7-18-15(19-8-14-11(2)20-12(3)25-14)21-13-9-22(10-13)16(23)24-17(4,5)6;/h13H,7-10H2,1-6H3,(H2,18,19,21);1H. The lowest BCUT2D eigenvalue weighted by molar-refractivity contribution is 0.00701. The number of aromatic nitrogens is 1. The fraction of sp³-hybridized carbons (Fsp3) is 0.706. The highest BCUT2D eigenvalue weighted by molar-refractivity contribution is 14.0. The number of ether oxygens (including phenoxy) is 1. The van der Waals surface area contributed by atoms with Crippen LogP contribution < -0.4 is 10.6 Å². The number of amides is 1. The van der Waals surface area contributed by atoms with Gasteiger partial charge >= 0.3 is 6.09 Å². The molecule has 26 heavy (non-hydrogen) atoms. The number of aliphatic imine (C=N–C) groups is 1. The van der Waals surface area contributed by atoms with Crippen molar-refractivity contribution in [1.82, 2.24) is 20.5 Å². The Kier molecular flexibility index (Phi) is 8.58. The second-order valence-electron chi connectivity index (χ2n) is 7.16. The van der Waals surface area contributed by atoms with Gasteiger partial charge in [-0.05, 0) is 41.5 Å². The zero-order chi connectivity index (χ0) is 18.6. The highest BCUT2D eigenvalue weighted by atomic mass is 127. The van der Waals surface area contributed by atoms with E-state index in [1.165, 1.54) is 4.88 Å². The lowest BCUT2D eigenvalue weighted by atomic mass is 10.1. The highest BCUT2D eigenvalue weighted by Gasteiger charge is 2.34. The van der Waals surface area contributed by atoms with Gasteiger partial charge in [0.1, 0.15) is 5.60 Å². The number of hydrogen-bond acceptors (Lipinski definition) is 5. The van der Waals surface area contributed by atoms with Gasteiger partial charge in [-0.15, -0.1) is 35.3 Å². The van der Waals surface area contributed by atoms with Gasteiger partial charge in [0.15, 0.2) is 5.96 Å². The van der Waals surface area contributed by atoms with Crippen LogP contribution in [0.15, 0.2) is 4.99 Å². The highest BCUT2D eigenvalue weighted by Crippen LogP contribution is 2.18. The summed E-state index contributed by atoms with van der Waals surface area (Å²) in [5, 5.41) is 7.68. The molecule has 1 aromatic rings. The molecule has 2 heterocycles. The summed E-state index contributed by atoms with van der Waals surface area (Å²) in [6.45, 7) is 14.3. The van der Waals surface area contributed by atoms with Gasteiger partial charge in [-0.2, -0.15) is 0 Å². The van der Waals surface area contributed by atoms with Crippen LogP contribution in [0.4, 0.5) is 4.79 Å². The fourth-order valence-electron chi connectivity index (χ4n) is 2.43. The molecule has 1 aliphatic heterocycles. The lowest BCUT2D eigenvalue weighted by Crippen LogP contribution is -2.63. The van der Waals surface area contributed by atoms with E-state index in [4.69, 9.17) is 4.74 Å². The van der Waals surface area contributed by atoms with Gasteiger partial charge in [-0.3, -0.25) is 0 Å². The first-order chi connectivity index (χ1) is 11.7. The largest absolute Gasteiger partial charge is 0.444 e. The molecule has 0 aliphatic carbocycles. The van der Waals surface area contributed by atoms with Crippen LogP contribution in [0.5, 0.6) is 0 Å². The summed E-state index contributed by atoms with van der Waals surface area (Å²) in [7, 11) is 0. The molecular formula is C17H30IN5O2S. The van der Waals surface area contributed by atoms with Crippen LogP contribution in [-0.2, 0) is 11.3 Å². The summed E-state index contributed by atoms with van der Waals surface area (Å²) in [5.41, 5.74) is 0.582. The molecule has 9 heteroatoms. The summed E-state index contributed by atoms with van der Waals surface area (Å²) in [6, 6.07) is 0.189. The van der Waals surface area contributed by atoms with E-state index in [0.29, 0.717) is 19.6 Å². The van der Waals surface area contributed by atoms with Gasteiger partial charge in [0.2, 0.25) is 0 Å². The molecule has 1 aromatic heterocycles. The first-order valence-corrected chi connectivity index (χ1v) is 9.45. The van der Waals surface area contributed by atoms with Crippen LogP contribution in [0, 0.1) is 13.8 Å². The molecule has 0 aromatic carbocycles. The second-order valence-corrected chi connectivity index (χ2v) is 8.45. The molecule has 1 amide bonds. The van der Waals surface area contributed by atoms with E-state index in [1.807, 2.05) is 41.5 Å². The van der Waals surface area contributed by atoms with Crippen molar-refractivity contribution in [3.63, 3.8) is 0 Å². The van der Waals surface area contributed by atoms with Crippen molar-refractivity contribution in [3.05, 3.63) is 15.6 Å². The molecular weight excluding hydrogens is 465 g/mol. The SMILES string of the molecule is CCNC(=NCc1sc(C)nc1C)NC1CN(C(=O)OC(C)(C)C)C1.I. The van der Waals surface area contributed by atoms with Gasteiger partial charge in [-0.1, -0.05) is 0 Å². The predicted octanol–water partition coefficient (Wildman–Crippen LogP) is 3.05. The van der Waals surface area contributed by atoms with Gasteiger partial charge in [0, 0.05) is 24.5 Å². The quantitative estimate of drug-likeness (QED) is 0.382. The number of carbonyl (C=O) groups is 1. The Bertz CT molecular complexity index is 636. The minimum Gasteiger partial charge on any atom is -0.444 e. The third kappa shape index (κ3) is 6.90. The molecule has 1 aliphatic rings. The van der Waals surface area contributed by atoms with E-state index >= 15 is 0 Å². The third-order valence-electron chi connectivity index (χ3n) is 3.60. The smallest absolute Gasteiger partial charge is 0.410 e. The van der Waals surface area contributed by atoms with E-state index in [9.17, 15) is 4.79 Å². The number of nitrogens with one attached hydrogen (secondary N) is 2. The number of halogens is 1. The van der Waals surface area contributed by atoms with Crippen LogP contribution in [0.1, 0.15) is 43.3 Å². The first-order valence-electron chi connectivity index (χ1n) is 8.63. The summed E-state index contributed by atoms with van der Waals surface area (Å²) in [6.07, 6.45) is -0.261. The average molecular weight is 495 g/mol. The van der Waals surface area contributed by atoms with Gasteiger partial charge in [0.05, 0.1) is 23.3 Å². The van der Waals surface area contributed by atoms with Crippen molar-refractivity contribution in [2.45, 2.75) is 59.7 Å². The van der Waals surface area contributed by atoms with Gasteiger partial charge in [0.25, 0.3) is 0 Å². The maximum Gasteiger partial charge on any atom is 0.410 e. The van der Waals surface area contributed by atoms with Crippen molar-refractivity contribution in [3.8, 4) is 0 Å². The minimum atomic E-state index is -0.462. The van der Waals surface area contributed by atoms with Crippen molar-refractivity contribution >= 4 is 47.4 Å². The number of thiazole rings is 1. The average Bonchev–Trinajstić information content (AvgIpc) is 2.75. The topological polar surface area (TPSA) is 78.9 Å². The maximum absolute atomic E-state index is 12.0. The Balaban J connectivity index is 0.00000338. The number of guanidine groups is 1. The van der Waals surface area contributed by atoms with Crippen molar-refractivity contribution in [2.75, 3.05) is 19.6 Å². The number of likely N-dealkylation sites (tertiary alicyclic amines) is 1. The molecule has 0 bridgehead atoms. The number of nitrogens with zero attached hydrogens (tertiary/aromatic N) is 3. The van der Waals surface area contributed by atoms with Gasteiger partial charge in [-0.25, -0.2) is 14.8 Å². The summed E-state index contributed by atoms with van der Waals surface area (Å²) < 4.78 is 5.37. The Morgan fingerprint density at radius 1 is 1.38 bits per heavy atom. The summed E-state index contributed by atoms with van der Waals surface area (Å²) in [4.78, 5) is 23.9. The first kappa shape index (κ1) is 22.9. The van der Waals surface area contributed by atoms with Crippen LogP contribution in [0.2, 0.25) is 0 Å². The molecule has 0 unspecified atom stereocenters. The molecule has 148 valence electrons. The van der Waals surface area contributed by atoms with Crippen LogP contribution in [-0.4, -0.2) is 53.2 Å². The monoisotopic (exact) mass is 495 g/mol. The van der Waals surface area contributed by atoms with Gasteiger partial charge < -0.3 is 20.3 Å². The Labute approximate surface area is 177 Å². The number of rotatable bonds is 4.